The van der Waals surface area contributed by atoms with E-state index in [0.717, 1.165) is 5.75 Å². The summed E-state index contributed by atoms with van der Waals surface area (Å²) in [6.07, 6.45) is 0.492. The summed E-state index contributed by atoms with van der Waals surface area (Å²) in [5, 5.41) is 13.1. The van der Waals surface area contributed by atoms with Gasteiger partial charge in [0.1, 0.15) is 30.8 Å². The van der Waals surface area contributed by atoms with Crippen molar-refractivity contribution in [3.63, 3.8) is 0 Å². The summed E-state index contributed by atoms with van der Waals surface area (Å²) in [4.78, 5) is 0.283. The van der Waals surface area contributed by atoms with Gasteiger partial charge in [-0.2, -0.15) is 0 Å². The topological polar surface area (TPSA) is 84.9 Å². The molecule has 1 unspecified atom stereocenters. The van der Waals surface area contributed by atoms with E-state index in [1.165, 1.54) is 23.4 Å². The second-order valence-electron chi connectivity index (χ2n) is 6.96. The van der Waals surface area contributed by atoms with Crippen molar-refractivity contribution in [1.29, 1.82) is 0 Å². The first-order valence-electron chi connectivity index (χ1n) is 9.19. The van der Waals surface area contributed by atoms with Gasteiger partial charge in [0, 0.05) is 19.3 Å². The maximum Gasteiger partial charge on any atom is 0.175 e. The first kappa shape index (κ1) is 22.2. The molecular weight excluding hydrogens is 378 g/mol. The van der Waals surface area contributed by atoms with Gasteiger partial charge in [-0.3, -0.25) is 0 Å². The maximum absolute atomic E-state index is 11.6. The molecule has 2 N–H and O–H groups in total. The molecule has 0 saturated carbocycles. The molecular formula is C21H29NO5S. The molecule has 0 radical (unpaired) electrons. The third-order valence-electron chi connectivity index (χ3n) is 4.39. The normalized spacial score (nSPS) is 12.6. The average molecular weight is 408 g/mol. The van der Waals surface area contributed by atoms with E-state index < -0.39 is 15.9 Å². The summed E-state index contributed by atoms with van der Waals surface area (Å²) < 4.78 is 34.5. The molecule has 0 aliphatic heterocycles. The third-order valence-corrected chi connectivity index (χ3v) is 5.65. The fourth-order valence-electron chi connectivity index (χ4n) is 2.69. The molecule has 28 heavy (non-hydrogen) atoms. The lowest BCUT2D eigenvalue weighted by Gasteiger charge is -2.14. The SMILES string of the molecule is Cc1ccc(OCCNCC(O)COc2ccc(S(C)(=O)=O)c(C)c2)cc1C. The predicted octanol–water partition coefficient (Wildman–Crippen LogP) is 2.42. The first-order chi connectivity index (χ1) is 13.2. The van der Waals surface area contributed by atoms with E-state index in [0.29, 0.717) is 31.0 Å². The second kappa shape index (κ2) is 9.91. The van der Waals surface area contributed by atoms with Gasteiger partial charge in [-0.05, 0) is 67.8 Å². The van der Waals surface area contributed by atoms with Gasteiger partial charge in [-0.1, -0.05) is 6.07 Å². The van der Waals surface area contributed by atoms with Crippen molar-refractivity contribution in [2.45, 2.75) is 31.8 Å². The molecule has 154 valence electrons. The van der Waals surface area contributed by atoms with Crippen LogP contribution in [-0.4, -0.2) is 52.2 Å². The molecule has 2 aromatic rings. The van der Waals surface area contributed by atoms with Crippen LogP contribution < -0.4 is 14.8 Å². The van der Waals surface area contributed by atoms with E-state index in [-0.39, 0.29) is 11.5 Å². The molecule has 2 rings (SSSR count). The number of aryl methyl sites for hydroxylation is 3. The lowest BCUT2D eigenvalue weighted by Crippen LogP contribution is -2.33. The van der Waals surface area contributed by atoms with Crippen molar-refractivity contribution in [3.05, 3.63) is 53.1 Å². The Morgan fingerprint density at radius 3 is 2.25 bits per heavy atom. The van der Waals surface area contributed by atoms with E-state index in [2.05, 4.69) is 12.2 Å². The van der Waals surface area contributed by atoms with E-state index >= 15 is 0 Å². The molecule has 1 atom stereocenters. The standard InChI is InChI=1S/C21H29NO5S/c1-15-5-6-19(11-16(15)2)26-10-9-22-13-18(23)14-27-20-7-8-21(17(3)12-20)28(4,24)25/h5-8,11-12,18,22-23H,9-10,13-14H2,1-4H3. The molecule has 2 aromatic carbocycles. The number of hydrogen-bond donors (Lipinski definition) is 2. The second-order valence-corrected chi connectivity index (χ2v) is 8.95. The number of hydrogen-bond acceptors (Lipinski definition) is 6. The Kier molecular flexibility index (Phi) is 7.86. The van der Waals surface area contributed by atoms with Gasteiger partial charge in [0.05, 0.1) is 4.90 Å². The minimum absolute atomic E-state index is 0.114. The fourth-order valence-corrected chi connectivity index (χ4v) is 3.65. The highest BCUT2D eigenvalue weighted by atomic mass is 32.2. The molecule has 0 saturated heterocycles. The van der Waals surface area contributed by atoms with Crippen molar-refractivity contribution in [1.82, 2.24) is 5.32 Å². The van der Waals surface area contributed by atoms with Crippen LogP contribution in [0.1, 0.15) is 16.7 Å². The molecule has 0 amide bonds. The monoisotopic (exact) mass is 407 g/mol. The smallest absolute Gasteiger partial charge is 0.175 e. The van der Waals surface area contributed by atoms with Crippen LogP contribution in [0.5, 0.6) is 11.5 Å². The van der Waals surface area contributed by atoms with Crippen LogP contribution in [0.25, 0.3) is 0 Å². The zero-order chi connectivity index (χ0) is 20.7. The summed E-state index contributed by atoms with van der Waals surface area (Å²) in [6.45, 7) is 7.42. The summed E-state index contributed by atoms with van der Waals surface area (Å²) >= 11 is 0. The number of sulfone groups is 1. The Bertz CT molecular complexity index is 896. The largest absolute Gasteiger partial charge is 0.492 e. The van der Waals surface area contributed by atoms with Crippen LogP contribution in [0.4, 0.5) is 0 Å². The molecule has 6 nitrogen and oxygen atoms in total. The molecule has 7 heteroatoms. The van der Waals surface area contributed by atoms with E-state index in [1.807, 2.05) is 25.1 Å². The molecule has 0 aliphatic carbocycles. The number of aliphatic hydroxyl groups excluding tert-OH is 1. The summed E-state index contributed by atoms with van der Waals surface area (Å²) in [5.74, 6) is 1.36. The highest BCUT2D eigenvalue weighted by Crippen LogP contribution is 2.21. The number of rotatable bonds is 10. The third kappa shape index (κ3) is 6.82. The first-order valence-corrected chi connectivity index (χ1v) is 11.1. The lowest BCUT2D eigenvalue weighted by atomic mass is 10.1. The van der Waals surface area contributed by atoms with Gasteiger partial charge in [0.2, 0.25) is 0 Å². The number of benzene rings is 2. The maximum atomic E-state index is 11.6. The Hall–Kier alpha value is -2.09. The van der Waals surface area contributed by atoms with Crippen molar-refractivity contribution in [3.8, 4) is 11.5 Å². The minimum Gasteiger partial charge on any atom is -0.492 e. The average Bonchev–Trinajstić information content (AvgIpc) is 2.61. The lowest BCUT2D eigenvalue weighted by molar-refractivity contribution is 0.105. The number of aliphatic hydroxyl groups is 1. The van der Waals surface area contributed by atoms with Crippen LogP contribution in [0.3, 0.4) is 0 Å². The van der Waals surface area contributed by atoms with Crippen LogP contribution >= 0.6 is 0 Å². The van der Waals surface area contributed by atoms with Gasteiger partial charge in [0.25, 0.3) is 0 Å². The van der Waals surface area contributed by atoms with Gasteiger partial charge >= 0.3 is 0 Å². The van der Waals surface area contributed by atoms with Gasteiger partial charge < -0.3 is 19.9 Å². The van der Waals surface area contributed by atoms with E-state index in [9.17, 15) is 13.5 Å². The molecule has 0 heterocycles. The molecule has 0 bridgehead atoms. The minimum atomic E-state index is -3.25. The molecule has 0 fully saturated rings. The van der Waals surface area contributed by atoms with E-state index in [4.69, 9.17) is 9.47 Å². The highest BCUT2D eigenvalue weighted by Gasteiger charge is 2.12. The predicted molar refractivity (Wildman–Crippen MR) is 110 cm³/mol. The van der Waals surface area contributed by atoms with Crippen LogP contribution in [0.15, 0.2) is 41.3 Å². The zero-order valence-electron chi connectivity index (χ0n) is 16.9. The highest BCUT2D eigenvalue weighted by molar-refractivity contribution is 7.90. The Balaban J connectivity index is 1.68. The fraction of sp³-hybridized carbons (Fsp3) is 0.429. The summed E-state index contributed by atoms with van der Waals surface area (Å²) in [5.41, 5.74) is 3.05. The number of nitrogens with one attached hydrogen (secondary N) is 1. The Morgan fingerprint density at radius 2 is 1.61 bits per heavy atom. The summed E-state index contributed by atoms with van der Waals surface area (Å²) in [7, 11) is -3.25. The Labute approximate surface area is 167 Å². The van der Waals surface area contributed by atoms with Gasteiger partial charge in [0.15, 0.2) is 9.84 Å². The quantitative estimate of drug-likeness (QED) is 0.589. The molecule has 0 aliphatic rings. The molecule has 0 aromatic heterocycles. The van der Waals surface area contributed by atoms with Crippen molar-refractivity contribution in [2.75, 3.05) is 32.6 Å². The van der Waals surface area contributed by atoms with Gasteiger partial charge in [-0.15, -0.1) is 0 Å². The van der Waals surface area contributed by atoms with Crippen molar-refractivity contribution in [2.24, 2.45) is 0 Å². The van der Waals surface area contributed by atoms with Crippen LogP contribution in [-0.2, 0) is 9.84 Å². The van der Waals surface area contributed by atoms with Crippen LogP contribution in [0.2, 0.25) is 0 Å². The van der Waals surface area contributed by atoms with E-state index in [1.54, 1.807) is 19.1 Å². The van der Waals surface area contributed by atoms with Crippen LogP contribution in [0, 0.1) is 20.8 Å². The zero-order valence-corrected chi connectivity index (χ0v) is 17.7. The summed E-state index contributed by atoms with van der Waals surface area (Å²) in [6, 6.07) is 10.8. The molecule has 0 spiro atoms. The van der Waals surface area contributed by atoms with Crippen molar-refractivity contribution >= 4 is 9.84 Å². The van der Waals surface area contributed by atoms with Gasteiger partial charge in [-0.25, -0.2) is 8.42 Å². The van der Waals surface area contributed by atoms with Crippen molar-refractivity contribution < 1.29 is 23.0 Å². The Morgan fingerprint density at radius 1 is 0.964 bits per heavy atom. The number of ether oxygens (including phenoxy) is 2.